The van der Waals surface area contributed by atoms with Gasteiger partial charge < -0.3 is 9.72 Å². The third-order valence-corrected chi connectivity index (χ3v) is 3.94. The Bertz CT molecular complexity index is 772. The first-order chi connectivity index (χ1) is 10.0. The van der Waals surface area contributed by atoms with Gasteiger partial charge in [-0.15, -0.1) is 0 Å². The smallest absolute Gasteiger partial charge is 0.146 e. The average Bonchev–Trinajstić information content (AvgIpc) is 2.80. The fourth-order valence-corrected chi connectivity index (χ4v) is 2.59. The van der Waals surface area contributed by atoms with E-state index in [-0.39, 0.29) is 0 Å². The molecule has 5 heteroatoms. The molecule has 0 saturated heterocycles. The third-order valence-electron chi connectivity index (χ3n) is 3.40. The number of rotatable bonds is 3. The van der Waals surface area contributed by atoms with Crippen molar-refractivity contribution in [1.29, 1.82) is 0 Å². The molecule has 0 aliphatic carbocycles. The van der Waals surface area contributed by atoms with Crippen LogP contribution in [-0.4, -0.2) is 9.97 Å². The first kappa shape index (κ1) is 14.2. The SMILES string of the molecule is Cc1cc2nc(COc3ccc(Cl)cc3Cl)[nH]c2cc1C. The van der Waals surface area contributed by atoms with Gasteiger partial charge in [-0.3, -0.25) is 0 Å². The summed E-state index contributed by atoms with van der Waals surface area (Å²) < 4.78 is 5.68. The second kappa shape index (κ2) is 5.58. The third kappa shape index (κ3) is 2.99. The maximum absolute atomic E-state index is 6.08. The molecule has 1 N–H and O–H groups in total. The van der Waals surface area contributed by atoms with Crippen molar-refractivity contribution in [3.63, 3.8) is 0 Å². The molecule has 0 saturated carbocycles. The predicted molar refractivity (Wildman–Crippen MR) is 86.4 cm³/mol. The van der Waals surface area contributed by atoms with Crippen LogP contribution in [0.3, 0.4) is 0 Å². The average molecular weight is 321 g/mol. The van der Waals surface area contributed by atoms with Gasteiger partial charge in [-0.1, -0.05) is 23.2 Å². The highest BCUT2D eigenvalue weighted by Crippen LogP contribution is 2.28. The fraction of sp³-hybridized carbons (Fsp3) is 0.188. The lowest BCUT2D eigenvalue weighted by atomic mass is 10.1. The van der Waals surface area contributed by atoms with Gasteiger partial charge in [0.05, 0.1) is 16.1 Å². The Hall–Kier alpha value is -1.71. The second-order valence-corrected chi connectivity index (χ2v) is 5.84. The number of aromatic nitrogens is 2. The summed E-state index contributed by atoms with van der Waals surface area (Å²) in [5, 5.41) is 1.08. The van der Waals surface area contributed by atoms with Crippen LogP contribution in [-0.2, 0) is 6.61 Å². The quantitative estimate of drug-likeness (QED) is 0.732. The van der Waals surface area contributed by atoms with Gasteiger partial charge in [0.15, 0.2) is 0 Å². The van der Waals surface area contributed by atoms with Gasteiger partial charge in [-0.2, -0.15) is 0 Å². The molecular weight excluding hydrogens is 307 g/mol. The Kier molecular flexibility index (Phi) is 3.79. The molecule has 0 aliphatic rings. The molecule has 108 valence electrons. The Labute approximate surface area is 132 Å². The molecule has 0 aliphatic heterocycles. The molecular formula is C16H14Cl2N2O. The van der Waals surface area contributed by atoms with Crippen molar-refractivity contribution in [3.8, 4) is 5.75 Å². The number of hydrogen-bond donors (Lipinski definition) is 1. The van der Waals surface area contributed by atoms with E-state index in [2.05, 4.69) is 35.9 Å². The van der Waals surface area contributed by atoms with E-state index in [4.69, 9.17) is 27.9 Å². The number of fused-ring (bicyclic) bond motifs is 1. The second-order valence-electron chi connectivity index (χ2n) is 5.00. The first-order valence-electron chi connectivity index (χ1n) is 6.56. The van der Waals surface area contributed by atoms with Crippen molar-refractivity contribution in [1.82, 2.24) is 9.97 Å². The summed E-state index contributed by atoms with van der Waals surface area (Å²) >= 11 is 11.9. The van der Waals surface area contributed by atoms with Gasteiger partial charge in [-0.25, -0.2) is 4.98 Å². The highest BCUT2D eigenvalue weighted by Gasteiger charge is 2.07. The zero-order chi connectivity index (χ0) is 15.0. The highest BCUT2D eigenvalue weighted by atomic mass is 35.5. The Morgan fingerprint density at radius 1 is 1.10 bits per heavy atom. The van der Waals surface area contributed by atoms with Crippen molar-refractivity contribution < 1.29 is 4.74 Å². The van der Waals surface area contributed by atoms with Crippen LogP contribution < -0.4 is 4.74 Å². The Balaban J connectivity index is 1.82. The number of hydrogen-bond acceptors (Lipinski definition) is 2. The summed E-state index contributed by atoms with van der Waals surface area (Å²) in [6, 6.07) is 9.32. The van der Waals surface area contributed by atoms with Crippen molar-refractivity contribution >= 4 is 34.2 Å². The fourth-order valence-electron chi connectivity index (χ4n) is 2.13. The van der Waals surface area contributed by atoms with Crippen LogP contribution in [0.5, 0.6) is 5.75 Å². The minimum atomic E-state index is 0.328. The lowest BCUT2D eigenvalue weighted by molar-refractivity contribution is 0.298. The van der Waals surface area contributed by atoms with Gasteiger partial charge >= 0.3 is 0 Å². The molecule has 3 rings (SSSR count). The van der Waals surface area contributed by atoms with E-state index in [9.17, 15) is 0 Å². The van der Waals surface area contributed by atoms with Gasteiger partial charge in [0.1, 0.15) is 18.2 Å². The first-order valence-corrected chi connectivity index (χ1v) is 7.32. The van der Waals surface area contributed by atoms with Crippen molar-refractivity contribution in [3.05, 3.63) is 57.3 Å². The number of ether oxygens (including phenoxy) is 1. The molecule has 0 amide bonds. The minimum absolute atomic E-state index is 0.328. The molecule has 1 heterocycles. The summed E-state index contributed by atoms with van der Waals surface area (Å²) in [6.45, 7) is 4.49. The molecule has 21 heavy (non-hydrogen) atoms. The molecule has 0 atom stereocenters. The molecule has 0 spiro atoms. The van der Waals surface area contributed by atoms with Gasteiger partial charge in [-0.05, 0) is 55.3 Å². The topological polar surface area (TPSA) is 37.9 Å². The molecule has 0 fully saturated rings. The number of benzene rings is 2. The van der Waals surface area contributed by atoms with Gasteiger partial charge in [0, 0.05) is 5.02 Å². The lowest BCUT2D eigenvalue weighted by Crippen LogP contribution is -1.97. The minimum Gasteiger partial charge on any atom is -0.484 e. The number of aryl methyl sites for hydroxylation is 2. The van der Waals surface area contributed by atoms with Crippen LogP contribution >= 0.6 is 23.2 Å². The van der Waals surface area contributed by atoms with Gasteiger partial charge in [0.25, 0.3) is 0 Å². The maximum Gasteiger partial charge on any atom is 0.146 e. The standard InChI is InChI=1S/C16H14Cl2N2O/c1-9-5-13-14(6-10(9)2)20-16(19-13)8-21-15-4-3-11(17)7-12(15)18/h3-7H,8H2,1-2H3,(H,19,20). The van der Waals surface area contributed by atoms with E-state index < -0.39 is 0 Å². The van der Waals surface area contributed by atoms with Crippen molar-refractivity contribution in [2.45, 2.75) is 20.5 Å². The summed E-state index contributed by atoms with van der Waals surface area (Å²) in [5.74, 6) is 1.36. The van der Waals surface area contributed by atoms with E-state index in [1.807, 2.05) is 0 Å². The molecule has 2 aromatic carbocycles. The summed E-state index contributed by atoms with van der Waals surface area (Å²) in [6.07, 6.45) is 0. The number of nitrogens with one attached hydrogen (secondary N) is 1. The summed E-state index contributed by atoms with van der Waals surface area (Å²) in [5.41, 5.74) is 4.42. The van der Waals surface area contributed by atoms with E-state index in [0.717, 1.165) is 16.9 Å². The molecule has 0 radical (unpaired) electrons. The molecule has 1 aromatic heterocycles. The number of H-pyrrole nitrogens is 1. The largest absolute Gasteiger partial charge is 0.484 e. The predicted octanol–water partition coefficient (Wildman–Crippen LogP) is 5.07. The molecule has 0 bridgehead atoms. The zero-order valence-electron chi connectivity index (χ0n) is 11.7. The zero-order valence-corrected chi connectivity index (χ0v) is 13.2. The van der Waals surface area contributed by atoms with Crippen LogP contribution in [0.2, 0.25) is 10.0 Å². The van der Waals surface area contributed by atoms with E-state index in [1.165, 1.54) is 11.1 Å². The normalized spacial score (nSPS) is 11.0. The Morgan fingerprint density at radius 3 is 2.62 bits per heavy atom. The molecule has 3 aromatic rings. The highest BCUT2D eigenvalue weighted by molar-refractivity contribution is 6.35. The van der Waals surface area contributed by atoms with Crippen LogP contribution in [0.4, 0.5) is 0 Å². The monoisotopic (exact) mass is 320 g/mol. The van der Waals surface area contributed by atoms with Crippen LogP contribution in [0.25, 0.3) is 11.0 Å². The lowest BCUT2D eigenvalue weighted by Gasteiger charge is -2.06. The number of aromatic amines is 1. The maximum atomic E-state index is 6.08. The molecule has 3 nitrogen and oxygen atoms in total. The van der Waals surface area contributed by atoms with E-state index in [0.29, 0.717) is 22.4 Å². The number of nitrogens with zero attached hydrogens (tertiary/aromatic N) is 1. The number of imidazole rings is 1. The Morgan fingerprint density at radius 2 is 1.86 bits per heavy atom. The van der Waals surface area contributed by atoms with Gasteiger partial charge in [0.2, 0.25) is 0 Å². The molecule has 0 unspecified atom stereocenters. The van der Waals surface area contributed by atoms with Crippen LogP contribution in [0.15, 0.2) is 30.3 Å². The van der Waals surface area contributed by atoms with Crippen molar-refractivity contribution in [2.75, 3.05) is 0 Å². The van der Waals surface area contributed by atoms with Crippen LogP contribution in [0, 0.1) is 13.8 Å². The van der Waals surface area contributed by atoms with E-state index >= 15 is 0 Å². The number of halogens is 2. The van der Waals surface area contributed by atoms with E-state index in [1.54, 1.807) is 18.2 Å². The summed E-state index contributed by atoms with van der Waals surface area (Å²) in [7, 11) is 0. The van der Waals surface area contributed by atoms with Crippen molar-refractivity contribution in [2.24, 2.45) is 0 Å². The summed E-state index contributed by atoms with van der Waals surface area (Å²) in [4.78, 5) is 7.79. The van der Waals surface area contributed by atoms with Crippen LogP contribution in [0.1, 0.15) is 17.0 Å².